The minimum absolute atomic E-state index is 0.223. The number of hydrogen-bond acceptors (Lipinski definition) is 3. The van der Waals surface area contributed by atoms with E-state index in [2.05, 4.69) is 26.5 Å². The van der Waals surface area contributed by atoms with Gasteiger partial charge in [-0.15, -0.1) is 0 Å². The van der Waals surface area contributed by atoms with Crippen molar-refractivity contribution in [3.05, 3.63) is 63.6 Å². The van der Waals surface area contributed by atoms with Crippen LogP contribution in [0.3, 0.4) is 0 Å². The number of methoxy groups -OCH3 is 1. The summed E-state index contributed by atoms with van der Waals surface area (Å²) in [6.07, 6.45) is -3.28. The summed E-state index contributed by atoms with van der Waals surface area (Å²) in [7, 11) is 1.50. The summed E-state index contributed by atoms with van der Waals surface area (Å²) >= 11 is 3.26. The molecule has 1 amide bonds. The molecule has 0 aliphatic heterocycles. The molecule has 2 rings (SSSR count). The molecule has 0 saturated carbocycles. The van der Waals surface area contributed by atoms with Gasteiger partial charge in [0.05, 0.1) is 23.4 Å². The van der Waals surface area contributed by atoms with Gasteiger partial charge < -0.3 is 4.74 Å². The van der Waals surface area contributed by atoms with Crippen LogP contribution in [0.2, 0.25) is 0 Å². The van der Waals surface area contributed by atoms with E-state index >= 15 is 0 Å². The number of carbonyl (C=O) groups is 1. The average Bonchev–Trinajstić information content (AvgIpc) is 2.54. The Kier molecular flexibility index (Phi) is 5.61. The van der Waals surface area contributed by atoms with E-state index < -0.39 is 17.6 Å². The molecule has 0 bridgehead atoms. The highest BCUT2D eigenvalue weighted by molar-refractivity contribution is 9.10. The van der Waals surface area contributed by atoms with Gasteiger partial charge in [0.2, 0.25) is 0 Å². The number of carbonyl (C=O) groups excluding carboxylic acids is 1. The molecule has 0 heterocycles. The number of nitrogens with one attached hydrogen (secondary N) is 1. The molecular formula is C16H12BrF3N2O2. The first-order valence-corrected chi connectivity index (χ1v) is 7.45. The Morgan fingerprint density at radius 1 is 1.25 bits per heavy atom. The Morgan fingerprint density at radius 2 is 2.00 bits per heavy atom. The van der Waals surface area contributed by atoms with Crippen molar-refractivity contribution in [2.24, 2.45) is 5.10 Å². The molecule has 0 spiro atoms. The predicted octanol–water partition coefficient (Wildman–Crippen LogP) is 4.24. The number of alkyl halides is 3. The summed E-state index contributed by atoms with van der Waals surface area (Å²) in [5.41, 5.74) is 2.02. The van der Waals surface area contributed by atoms with E-state index in [1.807, 2.05) is 0 Å². The first kappa shape index (κ1) is 18.0. The molecule has 0 aliphatic rings. The third-order valence-corrected chi connectivity index (χ3v) is 3.63. The van der Waals surface area contributed by atoms with Crippen LogP contribution >= 0.6 is 15.9 Å². The Labute approximate surface area is 144 Å². The molecule has 1 N–H and O–H groups in total. The van der Waals surface area contributed by atoms with Crippen molar-refractivity contribution in [2.75, 3.05) is 7.11 Å². The lowest BCUT2D eigenvalue weighted by Gasteiger charge is -2.06. The van der Waals surface area contributed by atoms with Crippen molar-refractivity contribution in [1.29, 1.82) is 0 Å². The fraction of sp³-hybridized carbons (Fsp3) is 0.125. The van der Waals surface area contributed by atoms with Gasteiger partial charge in [-0.1, -0.05) is 12.1 Å². The molecule has 126 valence electrons. The maximum Gasteiger partial charge on any atom is 0.416 e. The van der Waals surface area contributed by atoms with Crippen molar-refractivity contribution < 1.29 is 22.7 Å². The van der Waals surface area contributed by atoms with Gasteiger partial charge in [0, 0.05) is 5.56 Å². The summed E-state index contributed by atoms with van der Waals surface area (Å²) in [6.45, 7) is 0. The Morgan fingerprint density at radius 3 is 2.62 bits per heavy atom. The number of hydrazone groups is 1. The zero-order chi connectivity index (χ0) is 17.7. The summed E-state index contributed by atoms with van der Waals surface area (Å²) < 4.78 is 43.5. The molecule has 0 aromatic heterocycles. The van der Waals surface area contributed by atoms with Crippen LogP contribution in [-0.2, 0) is 6.18 Å². The van der Waals surface area contributed by atoms with Crippen molar-refractivity contribution >= 4 is 28.1 Å². The molecule has 4 nitrogen and oxygen atoms in total. The van der Waals surface area contributed by atoms with Gasteiger partial charge in [0.15, 0.2) is 0 Å². The minimum atomic E-state index is -4.43. The second-order valence-electron chi connectivity index (χ2n) is 4.67. The van der Waals surface area contributed by atoms with Crippen molar-refractivity contribution in [3.63, 3.8) is 0 Å². The summed E-state index contributed by atoms with van der Waals surface area (Å²) in [5, 5.41) is 3.67. The molecule has 2 aromatic carbocycles. The van der Waals surface area contributed by atoms with Gasteiger partial charge in [0.25, 0.3) is 5.91 Å². The van der Waals surface area contributed by atoms with E-state index in [-0.39, 0.29) is 5.56 Å². The van der Waals surface area contributed by atoms with Crippen LogP contribution in [0, 0.1) is 0 Å². The van der Waals surface area contributed by atoms with Crippen LogP contribution < -0.4 is 10.2 Å². The topological polar surface area (TPSA) is 50.7 Å². The molecule has 0 aliphatic carbocycles. The maximum atomic E-state index is 12.6. The Hall–Kier alpha value is -2.35. The molecule has 0 atom stereocenters. The fourth-order valence-corrected chi connectivity index (χ4v) is 2.37. The minimum Gasteiger partial charge on any atom is -0.496 e. The van der Waals surface area contributed by atoms with Crippen molar-refractivity contribution in [3.8, 4) is 5.75 Å². The highest BCUT2D eigenvalue weighted by Crippen LogP contribution is 2.29. The van der Waals surface area contributed by atoms with Crippen molar-refractivity contribution in [1.82, 2.24) is 5.43 Å². The summed E-state index contributed by atoms with van der Waals surface area (Å²) in [5.74, 6) is 0.0700. The van der Waals surface area contributed by atoms with E-state index in [9.17, 15) is 18.0 Å². The zero-order valence-corrected chi connectivity index (χ0v) is 14.0. The largest absolute Gasteiger partial charge is 0.496 e. The number of ether oxygens (including phenoxy) is 1. The summed E-state index contributed by atoms with van der Waals surface area (Å²) in [6, 6.07) is 9.33. The van der Waals surface area contributed by atoms with Crippen LogP contribution in [0.5, 0.6) is 5.75 Å². The second-order valence-corrected chi connectivity index (χ2v) is 5.53. The predicted molar refractivity (Wildman–Crippen MR) is 87.2 cm³/mol. The normalized spacial score (nSPS) is 11.5. The lowest BCUT2D eigenvalue weighted by atomic mass is 10.1. The first-order chi connectivity index (χ1) is 11.3. The second kappa shape index (κ2) is 7.48. The number of hydrogen-bond donors (Lipinski definition) is 1. The molecule has 24 heavy (non-hydrogen) atoms. The third-order valence-electron chi connectivity index (χ3n) is 3.01. The number of rotatable bonds is 4. The van der Waals surface area contributed by atoms with Gasteiger partial charge in [-0.25, -0.2) is 5.43 Å². The molecule has 2 aromatic rings. The van der Waals surface area contributed by atoms with E-state index in [4.69, 9.17) is 4.74 Å². The Balaban J connectivity index is 2.06. The lowest BCUT2D eigenvalue weighted by molar-refractivity contribution is -0.137. The van der Waals surface area contributed by atoms with Crippen molar-refractivity contribution in [2.45, 2.75) is 6.18 Å². The molecule has 8 heteroatoms. The van der Waals surface area contributed by atoms with E-state index in [0.717, 1.165) is 18.3 Å². The van der Waals surface area contributed by atoms with Gasteiger partial charge in [-0.05, 0) is 51.8 Å². The fourth-order valence-electron chi connectivity index (χ4n) is 1.83. The highest BCUT2D eigenvalue weighted by Gasteiger charge is 2.30. The molecular weight excluding hydrogens is 389 g/mol. The van der Waals surface area contributed by atoms with Gasteiger partial charge in [-0.3, -0.25) is 4.79 Å². The number of halogens is 4. The van der Waals surface area contributed by atoms with Crippen LogP contribution in [0.1, 0.15) is 21.5 Å². The highest BCUT2D eigenvalue weighted by atomic mass is 79.9. The molecule has 0 fully saturated rings. The first-order valence-electron chi connectivity index (χ1n) is 6.65. The molecule has 0 saturated heterocycles. The number of benzene rings is 2. The SMILES string of the molecule is COc1ccc(C(=O)NN=Cc2cccc(C(F)(F)F)c2)cc1Br. The monoisotopic (exact) mass is 400 g/mol. The quantitative estimate of drug-likeness (QED) is 0.616. The maximum absolute atomic E-state index is 12.6. The lowest BCUT2D eigenvalue weighted by Crippen LogP contribution is -2.17. The van der Waals surface area contributed by atoms with Gasteiger partial charge >= 0.3 is 6.18 Å². The standard InChI is InChI=1S/C16H12BrF3N2O2/c1-24-14-6-5-11(8-13(14)17)15(23)22-21-9-10-3-2-4-12(7-10)16(18,19)20/h2-9H,1H3,(H,22,23). The van der Waals surface area contributed by atoms with Gasteiger partial charge in [-0.2, -0.15) is 18.3 Å². The average molecular weight is 401 g/mol. The van der Waals surface area contributed by atoms with Crippen LogP contribution in [0.15, 0.2) is 52.0 Å². The molecule has 0 radical (unpaired) electrons. The summed E-state index contributed by atoms with van der Waals surface area (Å²) in [4.78, 5) is 11.9. The Bertz CT molecular complexity index is 776. The zero-order valence-electron chi connectivity index (χ0n) is 12.4. The number of nitrogens with zero attached hydrogens (tertiary/aromatic N) is 1. The van der Waals surface area contributed by atoms with Crippen LogP contribution in [0.25, 0.3) is 0 Å². The number of amides is 1. The smallest absolute Gasteiger partial charge is 0.416 e. The van der Waals surface area contributed by atoms with E-state index in [1.54, 1.807) is 18.2 Å². The third kappa shape index (κ3) is 4.58. The molecule has 0 unspecified atom stereocenters. The van der Waals surface area contributed by atoms with E-state index in [1.165, 1.54) is 19.2 Å². The van der Waals surface area contributed by atoms with Gasteiger partial charge in [0.1, 0.15) is 5.75 Å². The van der Waals surface area contributed by atoms with Crippen LogP contribution in [0.4, 0.5) is 13.2 Å². The van der Waals surface area contributed by atoms with E-state index in [0.29, 0.717) is 15.8 Å². The van der Waals surface area contributed by atoms with Crippen LogP contribution in [-0.4, -0.2) is 19.2 Å².